The minimum Gasteiger partial charge on any atom is -0.381 e. The van der Waals surface area contributed by atoms with Gasteiger partial charge < -0.3 is 10.2 Å². The van der Waals surface area contributed by atoms with Gasteiger partial charge in [0.25, 0.3) is 0 Å². The van der Waals surface area contributed by atoms with Crippen LogP contribution in [0.25, 0.3) is 0 Å². The molecule has 0 amide bonds. The molecule has 86 valence electrons. The molecule has 2 heterocycles. The first-order valence-corrected chi connectivity index (χ1v) is 6.06. The third-order valence-electron chi connectivity index (χ3n) is 3.74. The van der Waals surface area contributed by atoms with E-state index in [0.29, 0.717) is 6.04 Å². The van der Waals surface area contributed by atoms with Crippen LogP contribution < -0.4 is 10.2 Å². The number of nitrogens with one attached hydrogen (secondary N) is 1. The molecule has 2 aliphatic heterocycles. The summed E-state index contributed by atoms with van der Waals surface area (Å²) in [5.74, 6) is -0.0910. The van der Waals surface area contributed by atoms with E-state index in [4.69, 9.17) is 0 Å². The Labute approximate surface area is 95.4 Å². The average molecular weight is 220 g/mol. The summed E-state index contributed by atoms with van der Waals surface area (Å²) in [6.07, 6.45) is 3.75. The fourth-order valence-corrected chi connectivity index (χ4v) is 2.81. The average Bonchev–Trinajstić information content (AvgIpc) is 2.31. The Morgan fingerprint density at radius 1 is 1.38 bits per heavy atom. The number of hydrogen-bond donors (Lipinski definition) is 1. The molecule has 0 saturated carbocycles. The van der Waals surface area contributed by atoms with Crippen molar-refractivity contribution < 1.29 is 4.39 Å². The van der Waals surface area contributed by atoms with Crippen molar-refractivity contribution in [2.75, 3.05) is 23.3 Å². The summed E-state index contributed by atoms with van der Waals surface area (Å²) in [7, 11) is 0. The molecule has 1 aromatic rings. The van der Waals surface area contributed by atoms with Gasteiger partial charge >= 0.3 is 0 Å². The summed E-state index contributed by atoms with van der Waals surface area (Å²) in [6.45, 7) is 3.89. The van der Waals surface area contributed by atoms with Crippen LogP contribution in [0.1, 0.15) is 24.8 Å². The number of piperidine rings is 1. The predicted octanol–water partition coefficient (Wildman–Crippen LogP) is 2.92. The Bertz CT molecular complexity index is 417. The molecule has 0 spiro atoms. The number of rotatable bonds is 0. The smallest absolute Gasteiger partial charge is 0.128 e. The lowest BCUT2D eigenvalue weighted by Crippen LogP contribution is -2.47. The third-order valence-corrected chi connectivity index (χ3v) is 3.74. The Kier molecular flexibility index (Phi) is 2.27. The lowest BCUT2D eigenvalue weighted by Gasteiger charge is -2.42. The fraction of sp³-hybridized carbons (Fsp3) is 0.538. The standard InChI is InChI=1S/C13H17FN2/c1-9-6-12-13(7-11(9)14)16-5-3-2-4-10(16)8-15-12/h6-7,10,15H,2-5,8H2,1H3. The van der Waals surface area contributed by atoms with E-state index < -0.39 is 0 Å². The van der Waals surface area contributed by atoms with Crippen LogP contribution in [0.15, 0.2) is 12.1 Å². The van der Waals surface area contributed by atoms with Crippen molar-refractivity contribution in [3.63, 3.8) is 0 Å². The van der Waals surface area contributed by atoms with Crippen LogP contribution in [-0.2, 0) is 0 Å². The normalized spacial score (nSPS) is 23.4. The van der Waals surface area contributed by atoms with Crippen molar-refractivity contribution in [3.05, 3.63) is 23.5 Å². The fourth-order valence-electron chi connectivity index (χ4n) is 2.81. The summed E-state index contributed by atoms with van der Waals surface area (Å²) >= 11 is 0. The molecule has 1 fully saturated rings. The van der Waals surface area contributed by atoms with E-state index in [9.17, 15) is 4.39 Å². The number of fused-ring (bicyclic) bond motifs is 3. The molecule has 3 rings (SSSR count). The molecule has 16 heavy (non-hydrogen) atoms. The Morgan fingerprint density at radius 3 is 3.12 bits per heavy atom. The van der Waals surface area contributed by atoms with E-state index in [0.717, 1.165) is 30.0 Å². The number of aryl methyl sites for hydroxylation is 1. The molecule has 2 nitrogen and oxygen atoms in total. The second kappa shape index (κ2) is 3.65. The highest BCUT2D eigenvalue weighted by molar-refractivity contribution is 5.74. The Balaban J connectivity index is 2.04. The van der Waals surface area contributed by atoms with Crippen LogP contribution in [0.2, 0.25) is 0 Å². The molecule has 3 heteroatoms. The maximum atomic E-state index is 13.6. The van der Waals surface area contributed by atoms with Crippen molar-refractivity contribution in [2.45, 2.75) is 32.2 Å². The van der Waals surface area contributed by atoms with Gasteiger partial charge in [-0.2, -0.15) is 0 Å². The van der Waals surface area contributed by atoms with E-state index >= 15 is 0 Å². The highest BCUT2D eigenvalue weighted by atomic mass is 19.1. The molecular weight excluding hydrogens is 203 g/mol. The Morgan fingerprint density at radius 2 is 2.25 bits per heavy atom. The molecule has 1 aromatic carbocycles. The first-order valence-electron chi connectivity index (χ1n) is 6.06. The number of nitrogens with zero attached hydrogens (tertiary/aromatic N) is 1. The first kappa shape index (κ1) is 9.94. The summed E-state index contributed by atoms with van der Waals surface area (Å²) in [6, 6.07) is 4.17. The van der Waals surface area contributed by atoms with E-state index in [-0.39, 0.29) is 5.82 Å². The summed E-state index contributed by atoms with van der Waals surface area (Å²) in [4.78, 5) is 2.37. The monoisotopic (exact) mass is 220 g/mol. The van der Waals surface area contributed by atoms with Gasteiger partial charge in [-0.05, 0) is 43.9 Å². The van der Waals surface area contributed by atoms with Gasteiger partial charge in [0.15, 0.2) is 0 Å². The molecule has 1 N–H and O–H groups in total. The summed E-state index contributed by atoms with van der Waals surface area (Å²) in [5.41, 5.74) is 2.87. The topological polar surface area (TPSA) is 15.3 Å². The van der Waals surface area contributed by atoms with Gasteiger partial charge in [0.2, 0.25) is 0 Å². The zero-order valence-electron chi connectivity index (χ0n) is 9.59. The SMILES string of the molecule is Cc1cc2c(cc1F)N1CCCCC1CN2. The predicted molar refractivity (Wildman–Crippen MR) is 64.6 cm³/mol. The van der Waals surface area contributed by atoms with Gasteiger partial charge in [-0.1, -0.05) is 0 Å². The zero-order chi connectivity index (χ0) is 11.1. The summed E-state index contributed by atoms with van der Waals surface area (Å²) < 4.78 is 13.6. The van der Waals surface area contributed by atoms with Crippen molar-refractivity contribution in [1.82, 2.24) is 0 Å². The van der Waals surface area contributed by atoms with Crippen LogP contribution in [0.5, 0.6) is 0 Å². The van der Waals surface area contributed by atoms with Crippen molar-refractivity contribution in [2.24, 2.45) is 0 Å². The Hall–Kier alpha value is -1.25. The van der Waals surface area contributed by atoms with Gasteiger partial charge in [-0.15, -0.1) is 0 Å². The van der Waals surface area contributed by atoms with Gasteiger partial charge in [-0.3, -0.25) is 0 Å². The van der Waals surface area contributed by atoms with Crippen molar-refractivity contribution in [1.29, 1.82) is 0 Å². The maximum absolute atomic E-state index is 13.6. The van der Waals surface area contributed by atoms with Gasteiger partial charge in [0, 0.05) is 19.1 Å². The lowest BCUT2D eigenvalue weighted by molar-refractivity contribution is 0.465. The van der Waals surface area contributed by atoms with E-state index in [1.807, 2.05) is 13.0 Å². The van der Waals surface area contributed by atoms with E-state index in [1.54, 1.807) is 6.07 Å². The van der Waals surface area contributed by atoms with Crippen LogP contribution in [-0.4, -0.2) is 19.1 Å². The minimum absolute atomic E-state index is 0.0910. The number of benzene rings is 1. The van der Waals surface area contributed by atoms with Crippen LogP contribution >= 0.6 is 0 Å². The largest absolute Gasteiger partial charge is 0.381 e. The molecule has 0 bridgehead atoms. The van der Waals surface area contributed by atoms with Crippen LogP contribution in [0.4, 0.5) is 15.8 Å². The second-order valence-electron chi connectivity index (χ2n) is 4.84. The quantitative estimate of drug-likeness (QED) is 0.723. The first-order chi connectivity index (χ1) is 7.75. The van der Waals surface area contributed by atoms with Crippen LogP contribution in [0.3, 0.4) is 0 Å². The summed E-state index contributed by atoms with van der Waals surface area (Å²) in [5, 5.41) is 3.42. The third kappa shape index (κ3) is 1.46. The van der Waals surface area contributed by atoms with E-state index in [2.05, 4.69) is 10.2 Å². The molecule has 0 radical (unpaired) electrons. The highest BCUT2D eigenvalue weighted by Gasteiger charge is 2.28. The lowest BCUT2D eigenvalue weighted by atomic mass is 9.97. The number of anilines is 2. The molecule has 2 aliphatic rings. The zero-order valence-corrected chi connectivity index (χ0v) is 9.59. The van der Waals surface area contributed by atoms with Crippen LogP contribution in [0, 0.1) is 12.7 Å². The van der Waals surface area contributed by atoms with Crippen molar-refractivity contribution >= 4 is 11.4 Å². The van der Waals surface area contributed by atoms with Gasteiger partial charge in [0.05, 0.1) is 11.4 Å². The molecular formula is C13H17FN2. The van der Waals surface area contributed by atoms with E-state index in [1.165, 1.54) is 19.3 Å². The van der Waals surface area contributed by atoms with Gasteiger partial charge in [0.1, 0.15) is 5.82 Å². The minimum atomic E-state index is -0.0910. The van der Waals surface area contributed by atoms with Crippen molar-refractivity contribution in [3.8, 4) is 0 Å². The molecule has 1 unspecified atom stereocenters. The number of hydrogen-bond acceptors (Lipinski definition) is 2. The molecule has 1 saturated heterocycles. The number of halogens is 1. The maximum Gasteiger partial charge on any atom is 0.128 e. The molecule has 0 aromatic heterocycles. The molecule has 1 atom stereocenters. The molecule has 0 aliphatic carbocycles. The van der Waals surface area contributed by atoms with Gasteiger partial charge in [-0.25, -0.2) is 4.39 Å². The second-order valence-corrected chi connectivity index (χ2v) is 4.84. The highest BCUT2D eigenvalue weighted by Crippen LogP contribution is 2.36.